The van der Waals surface area contributed by atoms with Crippen molar-refractivity contribution in [3.8, 4) is 0 Å². The number of carbonyl (C=O) groups excluding carboxylic acids is 2. The molecule has 0 radical (unpaired) electrons. The molecule has 0 bridgehead atoms. The smallest absolute Gasteiger partial charge is 0.412 e. The quantitative estimate of drug-likeness (QED) is 0.264. The normalized spacial score (nSPS) is 21.6. The summed E-state index contributed by atoms with van der Waals surface area (Å²) in [5, 5.41) is 6.81. The fourth-order valence-electron chi connectivity index (χ4n) is 5.76. The van der Waals surface area contributed by atoms with Gasteiger partial charge in [0.15, 0.2) is 6.07 Å². The number of alkyl halides is 1. The first-order valence-corrected chi connectivity index (χ1v) is 16.1. The number of amides is 2. The highest BCUT2D eigenvalue weighted by Crippen LogP contribution is 2.28. The van der Waals surface area contributed by atoms with Gasteiger partial charge in [-0.25, -0.2) is 4.79 Å². The van der Waals surface area contributed by atoms with Crippen LogP contribution in [0.4, 0.5) is 4.79 Å². The Morgan fingerprint density at radius 1 is 1.10 bits per heavy atom. The fourth-order valence-corrected chi connectivity index (χ4v) is 7.34. The number of hydrogen-bond donors (Lipinski definition) is 2. The molecule has 1 aromatic rings. The van der Waals surface area contributed by atoms with Crippen LogP contribution in [0.15, 0.2) is 30.3 Å². The molecular weight excluding hydrogens is 575 g/mol. The lowest BCUT2D eigenvalue weighted by atomic mass is 9.85. The second-order valence-corrected chi connectivity index (χ2v) is 12.3. The minimum atomic E-state index is -0.572. The standard InChI is InChI=1S/C28H41ClN4O3S2.ClH/c29-19-36-28(35)33-20-38-18-25(33)26(34)31-24(12-11-21-7-3-1-4-8-21)27(37)30-23-13-15-32(16-14-23)17-22-9-5-2-6-10-22;/h2,5-6,9-10,21,23-25H,1,3-4,7-8,11-20H2,(H,30,37)(H,31,34);1H/t24-,25+;/m1./s1. The summed E-state index contributed by atoms with van der Waals surface area (Å²) in [6.07, 6.45) is 9.81. The van der Waals surface area contributed by atoms with Crippen LogP contribution >= 0.6 is 48.0 Å². The van der Waals surface area contributed by atoms with Crippen molar-refractivity contribution in [2.45, 2.75) is 82.5 Å². The minimum Gasteiger partial charge on any atom is -0.433 e. The largest absolute Gasteiger partial charge is 0.433 e. The van der Waals surface area contributed by atoms with Crippen LogP contribution in [-0.2, 0) is 16.1 Å². The third-order valence-corrected chi connectivity index (χ3v) is 9.53. The van der Waals surface area contributed by atoms with Crippen molar-refractivity contribution in [2.24, 2.45) is 5.92 Å². The van der Waals surface area contributed by atoms with E-state index in [-0.39, 0.29) is 30.4 Å². The van der Waals surface area contributed by atoms with Gasteiger partial charge in [-0.3, -0.25) is 14.6 Å². The first-order valence-electron chi connectivity index (χ1n) is 14.0. The van der Waals surface area contributed by atoms with Crippen LogP contribution in [0.3, 0.4) is 0 Å². The molecule has 2 atom stereocenters. The van der Waals surface area contributed by atoms with E-state index in [1.807, 2.05) is 0 Å². The van der Waals surface area contributed by atoms with Gasteiger partial charge >= 0.3 is 6.09 Å². The summed E-state index contributed by atoms with van der Waals surface area (Å²) in [7, 11) is 0. The summed E-state index contributed by atoms with van der Waals surface area (Å²) in [4.78, 5) is 30.3. The van der Waals surface area contributed by atoms with Gasteiger partial charge in [-0.1, -0.05) is 86.3 Å². The number of nitrogens with zero attached hydrogens (tertiary/aromatic N) is 2. The SMILES string of the molecule is Cl.O=C(N[C@H](CCC1CCCCC1)C(=S)NC1CCN(Cc2ccccc2)CC1)[C@@H]1CSCN1C(=O)OCCl. The first kappa shape index (κ1) is 32.3. The molecule has 3 fully saturated rings. The average Bonchev–Trinajstić information content (AvgIpc) is 3.44. The number of nitrogens with one attached hydrogen (secondary N) is 2. The molecule has 0 spiro atoms. The minimum absolute atomic E-state index is 0. The molecule has 11 heteroatoms. The lowest BCUT2D eigenvalue weighted by Crippen LogP contribution is -2.55. The van der Waals surface area contributed by atoms with Gasteiger partial charge < -0.3 is 15.4 Å². The van der Waals surface area contributed by atoms with E-state index in [4.69, 9.17) is 28.6 Å². The van der Waals surface area contributed by atoms with Crippen LogP contribution in [0.1, 0.15) is 63.4 Å². The Bertz CT molecular complexity index is 915. The lowest BCUT2D eigenvalue weighted by Gasteiger charge is -2.34. The van der Waals surface area contributed by atoms with E-state index in [1.54, 1.807) is 11.8 Å². The molecule has 2 amide bonds. The number of thiocarbonyl (C=S) groups is 1. The van der Waals surface area contributed by atoms with Crippen molar-refractivity contribution >= 4 is 65.0 Å². The monoisotopic (exact) mass is 616 g/mol. The summed E-state index contributed by atoms with van der Waals surface area (Å²) in [6, 6.07) is 9.87. The highest BCUT2D eigenvalue weighted by Gasteiger charge is 2.37. The zero-order chi connectivity index (χ0) is 26.7. The highest BCUT2D eigenvalue weighted by molar-refractivity contribution is 7.99. The van der Waals surface area contributed by atoms with E-state index in [0.717, 1.165) is 50.3 Å². The number of likely N-dealkylation sites (tertiary alicyclic amines) is 1. The highest BCUT2D eigenvalue weighted by atomic mass is 35.5. The van der Waals surface area contributed by atoms with Crippen LogP contribution in [-0.4, -0.2) is 75.7 Å². The Labute approximate surface area is 253 Å². The Hall–Kier alpha value is -1.26. The Balaban J connectivity index is 0.00000420. The predicted molar refractivity (Wildman–Crippen MR) is 166 cm³/mol. The van der Waals surface area contributed by atoms with Gasteiger partial charge in [0.2, 0.25) is 5.91 Å². The summed E-state index contributed by atoms with van der Waals surface area (Å²) >= 11 is 13.0. The third kappa shape index (κ3) is 9.95. The summed E-state index contributed by atoms with van der Waals surface area (Å²) < 4.78 is 4.95. The lowest BCUT2D eigenvalue weighted by molar-refractivity contribution is -0.125. The third-order valence-electron chi connectivity index (χ3n) is 8.00. The van der Waals surface area contributed by atoms with E-state index in [9.17, 15) is 9.59 Å². The van der Waals surface area contributed by atoms with E-state index in [2.05, 4.69) is 45.9 Å². The maximum atomic E-state index is 13.3. The number of benzene rings is 1. The van der Waals surface area contributed by atoms with Crippen molar-refractivity contribution in [3.63, 3.8) is 0 Å². The van der Waals surface area contributed by atoms with E-state index in [1.165, 1.54) is 42.6 Å². The molecule has 2 aliphatic heterocycles. The number of piperidine rings is 1. The van der Waals surface area contributed by atoms with Crippen LogP contribution in [0.5, 0.6) is 0 Å². The predicted octanol–water partition coefficient (Wildman–Crippen LogP) is 5.54. The van der Waals surface area contributed by atoms with Crippen LogP contribution in [0.25, 0.3) is 0 Å². The number of thioether (sulfide) groups is 1. The molecule has 218 valence electrons. The molecule has 1 aromatic carbocycles. The van der Waals surface area contributed by atoms with Gasteiger partial charge in [0.05, 0.1) is 16.9 Å². The molecule has 3 aliphatic rings. The Morgan fingerprint density at radius 2 is 1.82 bits per heavy atom. The zero-order valence-electron chi connectivity index (χ0n) is 22.5. The van der Waals surface area contributed by atoms with Crippen LogP contribution < -0.4 is 10.6 Å². The van der Waals surface area contributed by atoms with Gasteiger partial charge in [-0.15, -0.1) is 24.2 Å². The molecule has 2 saturated heterocycles. The number of rotatable bonds is 10. The average molecular weight is 618 g/mol. The van der Waals surface area contributed by atoms with Crippen molar-refractivity contribution in [1.82, 2.24) is 20.4 Å². The van der Waals surface area contributed by atoms with Crippen LogP contribution in [0.2, 0.25) is 0 Å². The maximum Gasteiger partial charge on any atom is 0.412 e. The summed E-state index contributed by atoms with van der Waals surface area (Å²) in [5.74, 6) is 1.49. The molecule has 2 N–H and O–H groups in total. The molecule has 0 aromatic heterocycles. The molecule has 1 saturated carbocycles. The molecule has 4 rings (SSSR count). The molecule has 7 nitrogen and oxygen atoms in total. The van der Waals surface area contributed by atoms with E-state index < -0.39 is 12.1 Å². The Morgan fingerprint density at radius 3 is 2.51 bits per heavy atom. The van der Waals surface area contributed by atoms with E-state index in [0.29, 0.717) is 23.6 Å². The Kier molecular flexibility index (Phi) is 14.0. The zero-order valence-corrected chi connectivity index (χ0v) is 25.7. The number of ether oxygens (including phenoxy) is 1. The number of halogens is 2. The number of hydrogen-bond acceptors (Lipinski definition) is 6. The topological polar surface area (TPSA) is 73.9 Å². The van der Waals surface area contributed by atoms with Gasteiger partial charge in [0.25, 0.3) is 0 Å². The van der Waals surface area contributed by atoms with Crippen molar-refractivity contribution in [3.05, 3.63) is 35.9 Å². The molecule has 1 aliphatic carbocycles. The number of carbonyl (C=O) groups is 2. The van der Waals surface area contributed by atoms with Gasteiger partial charge in [-0.2, -0.15) is 0 Å². The van der Waals surface area contributed by atoms with Crippen molar-refractivity contribution in [2.75, 3.05) is 30.8 Å². The second-order valence-electron chi connectivity index (χ2n) is 10.7. The first-order chi connectivity index (χ1) is 18.5. The summed E-state index contributed by atoms with van der Waals surface area (Å²) in [6.45, 7) is 3.01. The van der Waals surface area contributed by atoms with Gasteiger partial charge in [-0.05, 0) is 37.2 Å². The maximum absolute atomic E-state index is 13.3. The van der Waals surface area contributed by atoms with Crippen molar-refractivity contribution < 1.29 is 14.3 Å². The molecule has 0 unspecified atom stereocenters. The second kappa shape index (κ2) is 16.9. The van der Waals surface area contributed by atoms with E-state index >= 15 is 0 Å². The van der Waals surface area contributed by atoms with Gasteiger partial charge in [0.1, 0.15) is 6.04 Å². The molecule has 39 heavy (non-hydrogen) atoms. The molecule has 2 heterocycles. The van der Waals surface area contributed by atoms with Crippen molar-refractivity contribution in [1.29, 1.82) is 0 Å². The fraction of sp³-hybridized carbons (Fsp3) is 0.679. The van der Waals surface area contributed by atoms with Crippen LogP contribution in [0, 0.1) is 5.92 Å². The van der Waals surface area contributed by atoms with Gasteiger partial charge in [0, 0.05) is 31.4 Å². The molecular formula is C28H42Cl2N4O3S2. The summed E-state index contributed by atoms with van der Waals surface area (Å²) in [5.41, 5.74) is 1.34.